The first-order valence-electron chi connectivity index (χ1n) is 10.0. The molecule has 144 valence electrons. The van der Waals surface area contributed by atoms with Crippen LogP contribution in [0, 0.1) is 5.92 Å². The maximum atomic E-state index is 12.4. The van der Waals surface area contributed by atoms with Gasteiger partial charge in [0.05, 0.1) is 17.8 Å². The summed E-state index contributed by atoms with van der Waals surface area (Å²) >= 11 is 1.82. The Kier molecular flexibility index (Phi) is 4.51. The van der Waals surface area contributed by atoms with Gasteiger partial charge in [0.1, 0.15) is 17.0 Å². The van der Waals surface area contributed by atoms with Gasteiger partial charge in [0.15, 0.2) is 0 Å². The van der Waals surface area contributed by atoms with Gasteiger partial charge in [0.2, 0.25) is 5.91 Å². The van der Waals surface area contributed by atoms with E-state index in [-0.39, 0.29) is 11.9 Å². The van der Waals surface area contributed by atoms with Crippen molar-refractivity contribution in [3.63, 3.8) is 0 Å². The normalized spacial score (nSPS) is 22.6. The molecule has 2 atom stereocenters. The van der Waals surface area contributed by atoms with Gasteiger partial charge in [-0.25, -0.2) is 9.97 Å². The number of carbonyl (C=O) groups excluding carboxylic acids is 1. The summed E-state index contributed by atoms with van der Waals surface area (Å²) in [6.07, 6.45) is 5.58. The van der Waals surface area contributed by atoms with E-state index in [1.54, 1.807) is 6.33 Å². The van der Waals surface area contributed by atoms with Crippen LogP contribution in [0.2, 0.25) is 0 Å². The third kappa shape index (κ3) is 3.05. The second-order valence-corrected chi connectivity index (χ2v) is 8.99. The number of hydrogen-bond donors (Lipinski definition) is 1. The molecule has 0 saturated carbocycles. The Labute approximate surface area is 168 Å². The summed E-state index contributed by atoms with van der Waals surface area (Å²) in [6, 6.07) is 10.3. The van der Waals surface area contributed by atoms with E-state index in [0.29, 0.717) is 13.0 Å². The van der Waals surface area contributed by atoms with E-state index in [2.05, 4.69) is 34.3 Å². The summed E-state index contributed by atoms with van der Waals surface area (Å²) in [6.45, 7) is 3.72. The molecule has 5 nitrogen and oxygen atoms in total. The number of rotatable bonds is 2. The second-order valence-electron chi connectivity index (χ2n) is 7.90. The van der Waals surface area contributed by atoms with Crippen molar-refractivity contribution in [2.24, 2.45) is 5.92 Å². The number of nitrogens with zero attached hydrogens (tertiary/aromatic N) is 3. The molecule has 2 aliphatic rings. The first kappa shape index (κ1) is 17.6. The summed E-state index contributed by atoms with van der Waals surface area (Å²) in [7, 11) is 0. The van der Waals surface area contributed by atoms with E-state index in [9.17, 15) is 4.79 Å². The lowest BCUT2D eigenvalue weighted by Crippen LogP contribution is -2.32. The van der Waals surface area contributed by atoms with Crippen LogP contribution in [-0.2, 0) is 17.6 Å². The zero-order valence-corrected chi connectivity index (χ0v) is 16.8. The Morgan fingerprint density at radius 1 is 1.18 bits per heavy atom. The molecule has 0 spiro atoms. The van der Waals surface area contributed by atoms with Crippen molar-refractivity contribution in [2.75, 3.05) is 18.0 Å². The van der Waals surface area contributed by atoms with Crippen molar-refractivity contribution >= 4 is 33.3 Å². The molecule has 1 aromatic carbocycles. The van der Waals surface area contributed by atoms with Gasteiger partial charge in [-0.2, -0.15) is 0 Å². The average Bonchev–Trinajstić information content (AvgIpc) is 2.96. The molecule has 2 aromatic heterocycles. The van der Waals surface area contributed by atoms with Crippen LogP contribution in [0.4, 0.5) is 5.82 Å². The molecule has 3 aromatic rings. The van der Waals surface area contributed by atoms with Crippen molar-refractivity contribution < 1.29 is 4.79 Å². The van der Waals surface area contributed by atoms with Crippen LogP contribution in [0.5, 0.6) is 0 Å². The fourth-order valence-corrected chi connectivity index (χ4v) is 5.88. The molecule has 28 heavy (non-hydrogen) atoms. The molecule has 0 radical (unpaired) electrons. The van der Waals surface area contributed by atoms with Crippen molar-refractivity contribution in [2.45, 2.75) is 38.6 Å². The number of fused-ring (bicyclic) bond motifs is 3. The van der Waals surface area contributed by atoms with Gasteiger partial charge in [0.25, 0.3) is 0 Å². The number of amides is 1. The molecule has 1 N–H and O–H groups in total. The average molecular weight is 393 g/mol. The highest BCUT2D eigenvalue weighted by molar-refractivity contribution is 7.19. The number of aryl methyl sites for hydroxylation is 1. The van der Waals surface area contributed by atoms with E-state index in [1.807, 2.05) is 29.5 Å². The van der Waals surface area contributed by atoms with Crippen LogP contribution in [0.3, 0.4) is 0 Å². The van der Waals surface area contributed by atoms with Crippen LogP contribution < -0.4 is 10.2 Å². The monoisotopic (exact) mass is 392 g/mol. The minimum absolute atomic E-state index is 0.0140. The maximum Gasteiger partial charge on any atom is 0.222 e. The van der Waals surface area contributed by atoms with Gasteiger partial charge in [-0.3, -0.25) is 4.79 Å². The zero-order chi connectivity index (χ0) is 19.1. The molecule has 1 amide bonds. The molecule has 6 heteroatoms. The Balaban J connectivity index is 1.65. The summed E-state index contributed by atoms with van der Waals surface area (Å²) in [4.78, 5) is 26.6. The maximum absolute atomic E-state index is 12.4. The smallest absolute Gasteiger partial charge is 0.222 e. The number of carbonyl (C=O) groups is 1. The van der Waals surface area contributed by atoms with Crippen molar-refractivity contribution in [3.8, 4) is 0 Å². The number of benzene rings is 1. The zero-order valence-electron chi connectivity index (χ0n) is 16.0. The Morgan fingerprint density at radius 2 is 2.04 bits per heavy atom. The fourth-order valence-electron chi connectivity index (χ4n) is 4.53. The molecular weight excluding hydrogens is 368 g/mol. The second kappa shape index (κ2) is 7.17. The van der Waals surface area contributed by atoms with Gasteiger partial charge in [-0.15, -0.1) is 11.3 Å². The lowest BCUT2D eigenvalue weighted by atomic mass is 9.89. The van der Waals surface area contributed by atoms with E-state index in [0.717, 1.165) is 41.5 Å². The number of anilines is 1. The first-order chi connectivity index (χ1) is 13.7. The van der Waals surface area contributed by atoms with Crippen LogP contribution in [0.1, 0.15) is 41.8 Å². The highest BCUT2D eigenvalue weighted by Gasteiger charge is 2.31. The quantitative estimate of drug-likeness (QED) is 0.719. The van der Waals surface area contributed by atoms with Crippen LogP contribution in [-0.4, -0.2) is 29.0 Å². The molecule has 1 fully saturated rings. The molecule has 5 rings (SSSR count). The third-order valence-corrected chi connectivity index (χ3v) is 7.12. The molecule has 1 aliphatic heterocycles. The number of thiophene rings is 1. The van der Waals surface area contributed by atoms with Gasteiger partial charge >= 0.3 is 0 Å². The van der Waals surface area contributed by atoms with E-state index in [1.165, 1.54) is 22.2 Å². The number of aromatic nitrogens is 2. The van der Waals surface area contributed by atoms with E-state index < -0.39 is 0 Å². The molecule has 3 heterocycles. The molecule has 0 unspecified atom stereocenters. The minimum atomic E-state index is -0.0140. The van der Waals surface area contributed by atoms with Crippen molar-refractivity contribution in [1.82, 2.24) is 15.3 Å². The van der Waals surface area contributed by atoms with Gasteiger partial charge in [0, 0.05) is 18.0 Å². The van der Waals surface area contributed by atoms with Gasteiger partial charge in [-0.1, -0.05) is 37.3 Å². The predicted octanol–water partition coefficient (Wildman–Crippen LogP) is 3.88. The summed E-state index contributed by atoms with van der Waals surface area (Å²) in [5.41, 5.74) is 2.59. The predicted molar refractivity (Wildman–Crippen MR) is 113 cm³/mol. The summed E-state index contributed by atoms with van der Waals surface area (Å²) in [5, 5.41) is 4.25. The lowest BCUT2D eigenvalue weighted by molar-refractivity contribution is -0.121. The fraction of sp³-hybridized carbons (Fsp3) is 0.409. The van der Waals surface area contributed by atoms with Crippen molar-refractivity contribution in [1.29, 1.82) is 0 Å². The highest BCUT2D eigenvalue weighted by atomic mass is 32.1. The van der Waals surface area contributed by atoms with E-state index in [4.69, 9.17) is 4.98 Å². The van der Waals surface area contributed by atoms with Gasteiger partial charge in [-0.05, 0) is 36.3 Å². The Hall–Kier alpha value is -2.47. The molecular formula is C22H24N4OS. The highest BCUT2D eigenvalue weighted by Crippen LogP contribution is 2.42. The Morgan fingerprint density at radius 3 is 2.89 bits per heavy atom. The number of nitrogens with one attached hydrogen (secondary N) is 1. The molecule has 1 aliphatic carbocycles. The Bertz CT molecular complexity index is 1020. The number of hydrogen-bond acceptors (Lipinski definition) is 5. The minimum Gasteiger partial charge on any atom is -0.354 e. The van der Waals surface area contributed by atoms with Gasteiger partial charge < -0.3 is 10.2 Å². The lowest BCUT2D eigenvalue weighted by Gasteiger charge is -2.31. The molecule has 1 saturated heterocycles. The summed E-state index contributed by atoms with van der Waals surface area (Å²) < 4.78 is 0. The van der Waals surface area contributed by atoms with Crippen LogP contribution in [0.25, 0.3) is 10.2 Å². The SMILES string of the molecule is C[C@@H]1CCc2c(sc3ncnc(N4CCNC(=O)C[C@@H]4c4ccccc4)c23)C1. The largest absolute Gasteiger partial charge is 0.354 e. The van der Waals surface area contributed by atoms with Crippen molar-refractivity contribution in [3.05, 3.63) is 52.7 Å². The third-order valence-electron chi connectivity index (χ3n) is 5.96. The van der Waals surface area contributed by atoms with Crippen LogP contribution >= 0.6 is 11.3 Å². The van der Waals surface area contributed by atoms with E-state index >= 15 is 0 Å². The standard InChI is InChI=1S/C22H24N4OS/c1-14-7-8-16-18(11-14)28-22-20(16)21(24-13-25-22)26-10-9-23-19(27)12-17(26)15-5-3-2-4-6-15/h2-6,13-14,17H,7-12H2,1H3,(H,23,27)/t14-,17-/m1/s1. The summed E-state index contributed by atoms with van der Waals surface area (Å²) in [5.74, 6) is 1.82. The first-order valence-corrected chi connectivity index (χ1v) is 10.9. The topological polar surface area (TPSA) is 58.1 Å². The van der Waals surface area contributed by atoms with Crippen LogP contribution in [0.15, 0.2) is 36.7 Å². The molecule has 0 bridgehead atoms.